The molecule has 1 saturated heterocycles. The summed E-state index contributed by atoms with van der Waals surface area (Å²) in [7, 11) is 0. The van der Waals surface area contributed by atoms with E-state index in [-0.39, 0.29) is 13.2 Å². The molecule has 9 heteroatoms. The van der Waals surface area contributed by atoms with Crippen LogP contribution < -0.4 is 0 Å². The van der Waals surface area contributed by atoms with Crippen molar-refractivity contribution >= 4 is 29.7 Å². The fourth-order valence-electron chi connectivity index (χ4n) is 2.96. The molecule has 1 aliphatic rings. The molecule has 1 heterocycles. The fourth-order valence-corrected chi connectivity index (χ4v) is 4.09. The number of carbonyl (C=O) groups excluding carboxylic acids is 3. The average Bonchev–Trinajstić information content (AvgIpc) is 2.68. The van der Waals surface area contributed by atoms with Crippen molar-refractivity contribution in [3.63, 3.8) is 0 Å². The van der Waals surface area contributed by atoms with Crippen molar-refractivity contribution in [2.24, 2.45) is 0 Å². The zero-order valence-corrected chi connectivity index (χ0v) is 18.0. The van der Waals surface area contributed by atoms with Crippen LogP contribution >= 0.6 is 11.8 Å². The van der Waals surface area contributed by atoms with E-state index in [9.17, 15) is 14.4 Å². The summed E-state index contributed by atoms with van der Waals surface area (Å²) in [5.74, 6) is -1.60. The lowest BCUT2D eigenvalue weighted by atomic mass is 9.99. The van der Waals surface area contributed by atoms with E-state index < -0.39 is 47.8 Å². The second kappa shape index (κ2) is 11.7. The van der Waals surface area contributed by atoms with E-state index in [4.69, 9.17) is 23.7 Å². The molecule has 1 aromatic carbocycles. The quantitative estimate of drug-likeness (QED) is 0.327. The first-order chi connectivity index (χ1) is 14.3. The van der Waals surface area contributed by atoms with Crippen molar-refractivity contribution in [2.75, 3.05) is 13.2 Å². The van der Waals surface area contributed by atoms with Crippen LogP contribution in [0.1, 0.15) is 20.8 Å². The zero-order valence-electron chi connectivity index (χ0n) is 17.1. The molecule has 1 unspecified atom stereocenters. The molecule has 0 spiro atoms. The maximum atomic E-state index is 11.8. The number of hydrogen-bond acceptors (Lipinski definition) is 9. The largest absolute Gasteiger partial charge is 0.463 e. The predicted octanol–water partition coefficient (Wildman–Crippen LogP) is 2.50. The van der Waals surface area contributed by atoms with Gasteiger partial charge in [0, 0.05) is 25.7 Å². The first-order valence-corrected chi connectivity index (χ1v) is 10.3. The average molecular weight is 438 g/mol. The SMILES string of the molecule is C=CCO[C@@H]1C(OC(C)=O)[C@H](Sc2ccccc2)O[C@@H](COC(C)=O)[C@H]1OC(C)=O. The molecular weight excluding hydrogens is 412 g/mol. The van der Waals surface area contributed by atoms with Gasteiger partial charge in [-0.3, -0.25) is 14.4 Å². The van der Waals surface area contributed by atoms with Crippen molar-refractivity contribution in [3.05, 3.63) is 43.0 Å². The van der Waals surface area contributed by atoms with Crippen LogP contribution in [0.25, 0.3) is 0 Å². The van der Waals surface area contributed by atoms with Gasteiger partial charge in [0.2, 0.25) is 0 Å². The second-order valence-corrected chi connectivity index (χ2v) is 7.68. The first-order valence-electron chi connectivity index (χ1n) is 9.39. The number of carbonyl (C=O) groups is 3. The van der Waals surface area contributed by atoms with Gasteiger partial charge >= 0.3 is 17.9 Å². The van der Waals surface area contributed by atoms with Gasteiger partial charge in [0.15, 0.2) is 12.2 Å². The molecule has 1 aromatic rings. The molecule has 0 aromatic heterocycles. The maximum absolute atomic E-state index is 11.8. The Morgan fingerprint density at radius 3 is 2.20 bits per heavy atom. The van der Waals surface area contributed by atoms with Crippen molar-refractivity contribution < 1.29 is 38.1 Å². The van der Waals surface area contributed by atoms with E-state index in [1.54, 1.807) is 0 Å². The van der Waals surface area contributed by atoms with Crippen molar-refractivity contribution in [1.29, 1.82) is 0 Å². The van der Waals surface area contributed by atoms with Gasteiger partial charge in [-0.15, -0.1) is 6.58 Å². The summed E-state index contributed by atoms with van der Waals surface area (Å²) >= 11 is 1.32. The van der Waals surface area contributed by atoms with Gasteiger partial charge in [-0.2, -0.15) is 0 Å². The van der Waals surface area contributed by atoms with Crippen molar-refractivity contribution in [3.8, 4) is 0 Å². The lowest BCUT2D eigenvalue weighted by molar-refractivity contribution is -0.237. The van der Waals surface area contributed by atoms with Crippen LogP contribution in [-0.2, 0) is 38.1 Å². The third-order valence-electron chi connectivity index (χ3n) is 4.05. The highest BCUT2D eigenvalue weighted by Crippen LogP contribution is 2.37. The summed E-state index contributed by atoms with van der Waals surface area (Å²) in [5.41, 5.74) is -0.696. The molecule has 1 aliphatic heterocycles. The number of ether oxygens (including phenoxy) is 5. The first kappa shape index (κ1) is 23.9. The molecule has 5 atom stereocenters. The molecule has 0 bridgehead atoms. The molecule has 30 heavy (non-hydrogen) atoms. The highest BCUT2D eigenvalue weighted by Gasteiger charge is 2.51. The zero-order chi connectivity index (χ0) is 22.1. The Hall–Kier alpha value is -2.36. The maximum Gasteiger partial charge on any atom is 0.303 e. The van der Waals surface area contributed by atoms with E-state index in [0.29, 0.717) is 0 Å². The lowest BCUT2D eigenvalue weighted by Gasteiger charge is -2.44. The van der Waals surface area contributed by atoms with Gasteiger partial charge in [-0.05, 0) is 12.1 Å². The molecule has 0 radical (unpaired) electrons. The van der Waals surface area contributed by atoms with Gasteiger partial charge in [0.1, 0.15) is 24.3 Å². The minimum absolute atomic E-state index is 0.128. The van der Waals surface area contributed by atoms with E-state index in [1.165, 1.54) is 38.6 Å². The number of hydrogen-bond donors (Lipinski definition) is 0. The predicted molar refractivity (Wildman–Crippen MR) is 109 cm³/mol. The summed E-state index contributed by atoms with van der Waals surface area (Å²) < 4.78 is 28.0. The smallest absolute Gasteiger partial charge is 0.303 e. The molecule has 2 rings (SSSR count). The number of rotatable bonds is 9. The summed E-state index contributed by atoms with van der Waals surface area (Å²) in [6.07, 6.45) is -1.98. The molecule has 0 N–H and O–H groups in total. The van der Waals surface area contributed by atoms with Crippen LogP contribution in [0.5, 0.6) is 0 Å². The van der Waals surface area contributed by atoms with E-state index >= 15 is 0 Å². The van der Waals surface area contributed by atoms with E-state index in [1.807, 2.05) is 30.3 Å². The monoisotopic (exact) mass is 438 g/mol. The molecule has 0 amide bonds. The Morgan fingerprint density at radius 1 is 1.00 bits per heavy atom. The van der Waals surface area contributed by atoms with Gasteiger partial charge < -0.3 is 23.7 Å². The number of thioether (sulfide) groups is 1. The van der Waals surface area contributed by atoms with Crippen LogP contribution in [0.3, 0.4) is 0 Å². The van der Waals surface area contributed by atoms with Crippen LogP contribution in [0.4, 0.5) is 0 Å². The third-order valence-corrected chi connectivity index (χ3v) is 5.20. The standard InChI is InChI=1S/C21H26O8S/c1-5-11-25-19-18(27-14(3)23)17(12-26-13(2)22)29-21(20(19)28-15(4)24)30-16-9-7-6-8-10-16/h5-10,17-21H,1,11-12H2,2-4H3/t17-,18+,19-,20?,21-/m0/s1. The highest BCUT2D eigenvalue weighted by molar-refractivity contribution is 7.99. The fraction of sp³-hybridized carbons (Fsp3) is 0.476. The summed E-state index contributed by atoms with van der Waals surface area (Å²) in [5, 5.41) is 0. The Balaban J connectivity index is 2.39. The van der Waals surface area contributed by atoms with Gasteiger partial charge in [0.05, 0.1) is 6.61 Å². The van der Waals surface area contributed by atoms with Gasteiger partial charge in [-0.1, -0.05) is 36.0 Å². The number of benzene rings is 1. The Kier molecular flexibility index (Phi) is 9.35. The molecule has 8 nitrogen and oxygen atoms in total. The molecule has 164 valence electrons. The molecule has 0 aliphatic carbocycles. The topological polar surface area (TPSA) is 97.4 Å². The van der Waals surface area contributed by atoms with Gasteiger partial charge in [0.25, 0.3) is 0 Å². The van der Waals surface area contributed by atoms with Crippen molar-refractivity contribution in [2.45, 2.75) is 55.5 Å². The Bertz CT molecular complexity index is 738. The Morgan fingerprint density at radius 2 is 1.63 bits per heavy atom. The van der Waals surface area contributed by atoms with E-state index in [2.05, 4.69) is 6.58 Å². The third kappa shape index (κ3) is 7.16. The minimum Gasteiger partial charge on any atom is -0.463 e. The van der Waals surface area contributed by atoms with Crippen molar-refractivity contribution in [1.82, 2.24) is 0 Å². The molecule has 1 fully saturated rings. The summed E-state index contributed by atoms with van der Waals surface area (Å²) in [6, 6.07) is 9.40. The molecular formula is C21H26O8S. The van der Waals surface area contributed by atoms with Gasteiger partial charge in [-0.25, -0.2) is 0 Å². The van der Waals surface area contributed by atoms with Crippen LogP contribution in [0.2, 0.25) is 0 Å². The highest BCUT2D eigenvalue weighted by atomic mass is 32.2. The van der Waals surface area contributed by atoms with E-state index in [0.717, 1.165) is 4.90 Å². The molecule has 0 saturated carbocycles. The van der Waals surface area contributed by atoms with Crippen LogP contribution in [0.15, 0.2) is 47.9 Å². The lowest BCUT2D eigenvalue weighted by Crippen LogP contribution is -2.61. The Labute approximate surface area is 179 Å². The minimum atomic E-state index is -0.959. The van der Waals surface area contributed by atoms with Crippen LogP contribution in [0, 0.1) is 0 Å². The number of esters is 3. The van der Waals surface area contributed by atoms with Crippen LogP contribution in [-0.4, -0.2) is 61.0 Å². The normalized spacial score (nSPS) is 25.8. The summed E-state index contributed by atoms with van der Waals surface area (Å²) in [4.78, 5) is 35.8. The summed E-state index contributed by atoms with van der Waals surface area (Å²) in [6.45, 7) is 7.41. The second-order valence-electron chi connectivity index (χ2n) is 6.51.